The minimum absolute atomic E-state index is 0.142. The molecule has 9 heteroatoms. The highest BCUT2D eigenvalue weighted by Gasteiger charge is 2.39. The van der Waals surface area contributed by atoms with Crippen molar-refractivity contribution < 1.29 is 9.59 Å². The van der Waals surface area contributed by atoms with E-state index in [0.29, 0.717) is 10.2 Å². The maximum Gasteiger partial charge on any atom is 0.278 e. The molecule has 1 N–H and O–H groups in total. The number of nitrogens with zero attached hydrogens (tertiary/aromatic N) is 3. The molecule has 33 heavy (non-hydrogen) atoms. The summed E-state index contributed by atoms with van der Waals surface area (Å²) in [5, 5.41) is 4.23. The Morgan fingerprint density at radius 3 is 2.27 bits per heavy atom. The van der Waals surface area contributed by atoms with Gasteiger partial charge >= 0.3 is 0 Å². The monoisotopic (exact) mass is 590 g/mol. The molecular formula is C24H20ClIN4O2S. The van der Waals surface area contributed by atoms with Gasteiger partial charge < -0.3 is 5.32 Å². The maximum atomic E-state index is 13.4. The Balaban J connectivity index is 1.71. The van der Waals surface area contributed by atoms with Gasteiger partial charge in [-0.1, -0.05) is 23.7 Å². The van der Waals surface area contributed by atoms with Gasteiger partial charge in [-0.05, 0) is 103 Å². The van der Waals surface area contributed by atoms with Crippen LogP contribution in [0.5, 0.6) is 0 Å². The van der Waals surface area contributed by atoms with Gasteiger partial charge in [-0.25, -0.2) is 9.97 Å². The second-order valence-electron chi connectivity index (χ2n) is 7.65. The predicted molar refractivity (Wildman–Crippen MR) is 139 cm³/mol. The molecule has 0 bridgehead atoms. The molecule has 168 valence electrons. The molecule has 0 saturated heterocycles. The molecule has 1 aromatic heterocycles. The van der Waals surface area contributed by atoms with E-state index in [-0.39, 0.29) is 29.0 Å². The summed E-state index contributed by atoms with van der Waals surface area (Å²) in [4.78, 5) is 37.2. The summed E-state index contributed by atoms with van der Waals surface area (Å²) in [5.41, 5.74) is 4.36. The Labute approximate surface area is 215 Å². The van der Waals surface area contributed by atoms with E-state index in [4.69, 9.17) is 11.6 Å². The van der Waals surface area contributed by atoms with Crippen LogP contribution in [0, 0.1) is 24.3 Å². The second kappa shape index (κ2) is 9.82. The van der Waals surface area contributed by atoms with E-state index in [1.807, 2.05) is 45.0 Å². The summed E-state index contributed by atoms with van der Waals surface area (Å²) in [6, 6.07) is 14.8. The summed E-state index contributed by atoms with van der Waals surface area (Å²) in [6.45, 7) is 5.84. The van der Waals surface area contributed by atoms with Crippen LogP contribution < -0.4 is 5.32 Å². The molecule has 3 aromatic rings. The van der Waals surface area contributed by atoms with Gasteiger partial charge in [0, 0.05) is 25.7 Å². The molecule has 0 aliphatic carbocycles. The zero-order chi connectivity index (χ0) is 23.7. The van der Waals surface area contributed by atoms with Gasteiger partial charge in [0.25, 0.3) is 11.8 Å². The fourth-order valence-electron chi connectivity index (χ4n) is 3.41. The summed E-state index contributed by atoms with van der Waals surface area (Å²) < 4.78 is 1.08. The lowest BCUT2D eigenvalue weighted by Crippen LogP contribution is -2.32. The number of hydrogen-bond donors (Lipinski definition) is 1. The van der Waals surface area contributed by atoms with Crippen molar-refractivity contribution in [1.29, 1.82) is 0 Å². The number of imide groups is 1. The number of aryl methyl sites for hydroxylation is 3. The first kappa shape index (κ1) is 23.7. The van der Waals surface area contributed by atoms with Crippen LogP contribution >= 0.6 is 46.0 Å². The lowest BCUT2D eigenvalue weighted by Gasteiger charge is -2.16. The molecule has 6 nitrogen and oxygen atoms in total. The van der Waals surface area contributed by atoms with Crippen molar-refractivity contribution in [2.24, 2.45) is 0 Å². The summed E-state index contributed by atoms with van der Waals surface area (Å²) in [5.74, 6) is -0.770. The normalized spacial score (nSPS) is 13.8. The quantitative estimate of drug-likeness (QED) is 0.227. The lowest BCUT2D eigenvalue weighted by atomic mass is 10.2. The highest BCUT2D eigenvalue weighted by Crippen LogP contribution is 2.36. The molecule has 1 aliphatic rings. The third-order valence-corrected chi connectivity index (χ3v) is 6.85. The zero-order valence-corrected chi connectivity index (χ0v) is 21.9. The lowest BCUT2D eigenvalue weighted by molar-refractivity contribution is -0.137. The van der Waals surface area contributed by atoms with Gasteiger partial charge in [0.05, 0.1) is 6.54 Å². The number of anilines is 1. The van der Waals surface area contributed by atoms with Gasteiger partial charge in [0.1, 0.15) is 10.6 Å². The van der Waals surface area contributed by atoms with Crippen molar-refractivity contribution >= 4 is 63.5 Å². The van der Waals surface area contributed by atoms with E-state index in [2.05, 4.69) is 37.9 Å². The molecule has 1 aliphatic heterocycles. The van der Waals surface area contributed by atoms with Gasteiger partial charge in [-0.15, -0.1) is 0 Å². The molecule has 2 aromatic carbocycles. The Kier molecular flexibility index (Phi) is 7.06. The molecule has 0 atom stereocenters. The van der Waals surface area contributed by atoms with E-state index >= 15 is 0 Å². The van der Waals surface area contributed by atoms with Crippen LogP contribution in [0.2, 0.25) is 5.02 Å². The van der Waals surface area contributed by atoms with E-state index in [9.17, 15) is 9.59 Å². The van der Waals surface area contributed by atoms with Crippen LogP contribution in [0.15, 0.2) is 64.3 Å². The number of rotatable bonds is 6. The van der Waals surface area contributed by atoms with Crippen molar-refractivity contribution in [1.82, 2.24) is 14.9 Å². The van der Waals surface area contributed by atoms with Crippen molar-refractivity contribution in [3.63, 3.8) is 0 Å². The third kappa shape index (κ3) is 5.39. The zero-order valence-electron chi connectivity index (χ0n) is 18.1. The van der Waals surface area contributed by atoms with Gasteiger partial charge in [-0.3, -0.25) is 14.5 Å². The number of carbonyl (C=O) groups excluding carboxylic acids is 2. The molecule has 2 amide bonds. The fourth-order valence-corrected chi connectivity index (χ4v) is 5.18. The standard InChI is InChI=1S/C24H20ClIN4O2S/c1-13-10-18(26)8-9-19(13)29-20-21(33-24-27-14(2)11-15(3)28-24)23(32)30(22(20)31)12-16-4-6-17(25)7-5-16/h4-11,29H,12H2,1-3H3. The average molecular weight is 591 g/mol. The van der Waals surface area contributed by atoms with Crippen LogP contribution in [0.3, 0.4) is 0 Å². The molecule has 0 fully saturated rings. The third-order valence-electron chi connectivity index (χ3n) is 4.98. The summed E-state index contributed by atoms with van der Waals surface area (Å²) in [7, 11) is 0. The minimum atomic E-state index is -0.389. The number of hydrogen-bond acceptors (Lipinski definition) is 6. The highest BCUT2D eigenvalue weighted by atomic mass is 127. The average Bonchev–Trinajstić information content (AvgIpc) is 2.95. The number of thioether (sulfide) groups is 1. The largest absolute Gasteiger partial charge is 0.350 e. The molecule has 2 heterocycles. The first-order chi connectivity index (χ1) is 15.7. The minimum Gasteiger partial charge on any atom is -0.350 e. The van der Waals surface area contributed by atoms with Crippen LogP contribution in [0.1, 0.15) is 22.5 Å². The molecule has 0 radical (unpaired) electrons. The summed E-state index contributed by atoms with van der Waals surface area (Å²) in [6.07, 6.45) is 0. The number of nitrogens with one attached hydrogen (secondary N) is 1. The molecule has 0 spiro atoms. The molecule has 0 unspecified atom stereocenters. The number of halogens is 2. The van der Waals surface area contributed by atoms with E-state index < -0.39 is 0 Å². The molecule has 4 rings (SSSR count). The fraction of sp³-hybridized carbons (Fsp3) is 0.167. The first-order valence-electron chi connectivity index (χ1n) is 10.1. The highest BCUT2D eigenvalue weighted by molar-refractivity contribution is 14.1. The molecule has 0 saturated carbocycles. The van der Waals surface area contributed by atoms with Crippen molar-refractivity contribution in [2.45, 2.75) is 32.5 Å². The van der Waals surface area contributed by atoms with Crippen molar-refractivity contribution in [3.05, 3.63) is 90.2 Å². The van der Waals surface area contributed by atoms with Gasteiger partial charge in [0.2, 0.25) is 0 Å². The SMILES string of the molecule is Cc1cc(C)nc(SC2=C(Nc3ccc(I)cc3C)C(=O)N(Cc3ccc(Cl)cc3)C2=O)n1. The summed E-state index contributed by atoms with van der Waals surface area (Å²) >= 11 is 9.32. The Morgan fingerprint density at radius 1 is 0.970 bits per heavy atom. The van der Waals surface area contributed by atoms with Crippen LogP contribution in [-0.4, -0.2) is 26.7 Å². The van der Waals surface area contributed by atoms with Gasteiger partial charge in [-0.2, -0.15) is 0 Å². The van der Waals surface area contributed by atoms with E-state index in [1.54, 1.807) is 24.3 Å². The Morgan fingerprint density at radius 2 is 1.64 bits per heavy atom. The predicted octanol–water partition coefficient (Wildman–Crippen LogP) is 5.64. The van der Waals surface area contributed by atoms with Crippen molar-refractivity contribution in [3.8, 4) is 0 Å². The maximum absolute atomic E-state index is 13.4. The smallest absolute Gasteiger partial charge is 0.278 e. The first-order valence-corrected chi connectivity index (χ1v) is 12.4. The van der Waals surface area contributed by atoms with Crippen molar-refractivity contribution in [2.75, 3.05) is 5.32 Å². The van der Waals surface area contributed by atoms with Crippen LogP contribution in [0.25, 0.3) is 0 Å². The Bertz CT molecular complexity index is 1270. The Hall–Kier alpha value is -2.43. The number of aromatic nitrogens is 2. The van der Waals surface area contributed by atoms with Gasteiger partial charge in [0.15, 0.2) is 5.16 Å². The number of carbonyl (C=O) groups is 2. The van der Waals surface area contributed by atoms with E-state index in [1.165, 1.54) is 4.90 Å². The van der Waals surface area contributed by atoms with Crippen LogP contribution in [-0.2, 0) is 16.1 Å². The topological polar surface area (TPSA) is 75.2 Å². The van der Waals surface area contributed by atoms with Crippen LogP contribution in [0.4, 0.5) is 5.69 Å². The second-order valence-corrected chi connectivity index (χ2v) is 10.3. The number of amides is 2. The molecular weight excluding hydrogens is 571 g/mol. The van der Waals surface area contributed by atoms with E-state index in [0.717, 1.165) is 43.5 Å². The number of benzene rings is 2.